The van der Waals surface area contributed by atoms with Gasteiger partial charge in [0.1, 0.15) is 11.4 Å². The molecule has 26 heavy (non-hydrogen) atoms. The molecule has 0 amide bonds. The van der Waals surface area contributed by atoms with Crippen LogP contribution in [-0.2, 0) is 5.75 Å². The standard InChI is InChI=1S/C19H16ClN3O2S/c1-11-15-9-13(20)5-8-16(15)21-17(11)18-22-23-19(25-18)26-10-12-3-6-14(24-2)7-4-12/h3-9,21H,10H2,1-2H3. The molecule has 0 fully saturated rings. The largest absolute Gasteiger partial charge is 0.497 e. The molecule has 0 radical (unpaired) electrons. The van der Waals surface area contributed by atoms with Gasteiger partial charge in [-0.25, -0.2) is 0 Å². The second-order valence-electron chi connectivity index (χ2n) is 5.82. The van der Waals surface area contributed by atoms with Crippen LogP contribution in [0.25, 0.3) is 22.5 Å². The summed E-state index contributed by atoms with van der Waals surface area (Å²) < 4.78 is 11.0. The summed E-state index contributed by atoms with van der Waals surface area (Å²) in [6.07, 6.45) is 0. The second kappa shape index (κ2) is 7.05. The van der Waals surface area contributed by atoms with Crippen LogP contribution in [0.5, 0.6) is 5.75 Å². The van der Waals surface area contributed by atoms with Crippen LogP contribution in [0.15, 0.2) is 52.1 Å². The first kappa shape index (κ1) is 17.0. The molecule has 5 nitrogen and oxygen atoms in total. The third-order valence-corrected chi connectivity index (χ3v) is 5.29. The summed E-state index contributed by atoms with van der Waals surface area (Å²) >= 11 is 7.59. The summed E-state index contributed by atoms with van der Waals surface area (Å²) in [5, 5.41) is 10.6. The average Bonchev–Trinajstić information content (AvgIpc) is 3.25. The van der Waals surface area contributed by atoms with Crippen molar-refractivity contribution in [2.75, 3.05) is 7.11 Å². The number of aryl methyl sites for hydroxylation is 1. The van der Waals surface area contributed by atoms with Crippen molar-refractivity contribution < 1.29 is 9.15 Å². The maximum absolute atomic E-state index is 6.09. The Kier molecular flexibility index (Phi) is 4.61. The Labute approximate surface area is 159 Å². The Balaban J connectivity index is 1.53. The maximum atomic E-state index is 6.09. The smallest absolute Gasteiger partial charge is 0.277 e. The molecule has 0 aliphatic carbocycles. The van der Waals surface area contributed by atoms with Crippen LogP contribution >= 0.6 is 23.4 Å². The van der Waals surface area contributed by atoms with E-state index in [0.717, 1.165) is 39.2 Å². The van der Waals surface area contributed by atoms with E-state index in [1.165, 1.54) is 11.8 Å². The van der Waals surface area contributed by atoms with Crippen LogP contribution in [0.1, 0.15) is 11.1 Å². The second-order valence-corrected chi connectivity index (χ2v) is 7.19. The van der Waals surface area contributed by atoms with Crippen molar-refractivity contribution in [2.24, 2.45) is 0 Å². The number of hydrogen-bond acceptors (Lipinski definition) is 5. The number of nitrogens with zero attached hydrogens (tertiary/aromatic N) is 2. The zero-order valence-corrected chi connectivity index (χ0v) is 15.8. The number of ether oxygens (including phenoxy) is 1. The van der Waals surface area contributed by atoms with Crippen molar-refractivity contribution >= 4 is 34.3 Å². The van der Waals surface area contributed by atoms with Crippen molar-refractivity contribution in [1.82, 2.24) is 15.2 Å². The maximum Gasteiger partial charge on any atom is 0.277 e. The SMILES string of the molecule is COc1ccc(CSc2nnc(-c3[nH]c4ccc(Cl)cc4c3C)o2)cc1. The number of H-pyrrole nitrogens is 1. The predicted molar refractivity (Wildman–Crippen MR) is 104 cm³/mol. The van der Waals surface area contributed by atoms with Crippen molar-refractivity contribution in [2.45, 2.75) is 17.9 Å². The molecule has 0 aliphatic rings. The molecule has 2 aromatic heterocycles. The highest BCUT2D eigenvalue weighted by molar-refractivity contribution is 7.98. The van der Waals surface area contributed by atoms with E-state index >= 15 is 0 Å². The quantitative estimate of drug-likeness (QED) is 0.461. The monoisotopic (exact) mass is 385 g/mol. The van der Waals surface area contributed by atoms with Gasteiger partial charge in [-0.3, -0.25) is 0 Å². The topological polar surface area (TPSA) is 63.9 Å². The fourth-order valence-corrected chi connectivity index (χ4v) is 3.64. The van der Waals surface area contributed by atoms with Gasteiger partial charge in [-0.05, 0) is 48.4 Å². The zero-order valence-electron chi connectivity index (χ0n) is 14.2. The van der Waals surface area contributed by atoms with Crippen LogP contribution in [0.3, 0.4) is 0 Å². The zero-order chi connectivity index (χ0) is 18.1. The summed E-state index contributed by atoms with van der Waals surface area (Å²) in [6, 6.07) is 13.7. The molecule has 0 atom stereocenters. The third-order valence-electron chi connectivity index (χ3n) is 4.16. The molecule has 0 bridgehead atoms. The summed E-state index contributed by atoms with van der Waals surface area (Å²) in [4.78, 5) is 3.33. The Morgan fingerprint density at radius 3 is 2.73 bits per heavy atom. The van der Waals surface area contributed by atoms with Crippen LogP contribution in [0.2, 0.25) is 5.02 Å². The minimum absolute atomic E-state index is 0.479. The molecule has 2 aromatic carbocycles. The number of aromatic nitrogens is 3. The van der Waals surface area contributed by atoms with E-state index in [2.05, 4.69) is 15.2 Å². The first-order valence-electron chi connectivity index (χ1n) is 8.01. The predicted octanol–water partition coefficient (Wildman–Crippen LogP) is 5.48. The lowest BCUT2D eigenvalue weighted by Gasteiger charge is -2.01. The number of benzene rings is 2. The van der Waals surface area contributed by atoms with Gasteiger partial charge in [0, 0.05) is 21.7 Å². The molecule has 4 rings (SSSR count). The number of thioether (sulfide) groups is 1. The molecule has 0 spiro atoms. The molecule has 0 saturated carbocycles. The van der Waals surface area contributed by atoms with Crippen molar-refractivity contribution in [3.63, 3.8) is 0 Å². The number of aromatic amines is 1. The van der Waals surface area contributed by atoms with Gasteiger partial charge >= 0.3 is 0 Å². The molecule has 0 saturated heterocycles. The lowest BCUT2D eigenvalue weighted by molar-refractivity contribution is 0.414. The molecular formula is C19H16ClN3O2S. The molecular weight excluding hydrogens is 370 g/mol. The first-order valence-corrected chi connectivity index (χ1v) is 9.38. The fourth-order valence-electron chi connectivity index (χ4n) is 2.75. The highest BCUT2D eigenvalue weighted by Gasteiger charge is 2.16. The third kappa shape index (κ3) is 3.30. The molecule has 1 N–H and O–H groups in total. The Bertz CT molecular complexity index is 1060. The average molecular weight is 386 g/mol. The number of halogens is 1. The lowest BCUT2D eigenvalue weighted by atomic mass is 10.1. The minimum atomic E-state index is 0.479. The first-order chi connectivity index (χ1) is 12.6. The van der Waals surface area contributed by atoms with Gasteiger partial charge in [0.2, 0.25) is 0 Å². The number of rotatable bonds is 5. The van der Waals surface area contributed by atoms with Crippen LogP contribution in [0.4, 0.5) is 0 Å². The van der Waals surface area contributed by atoms with Crippen molar-refractivity contribution in [3.8, 4) is 17.3 Å². The van der Waals surface area contributed by atoms with E-state index in [-0.39, 0.29) is 0 Å². The summed E-state index contributed by atoms with van der Waals surface area (Å²) in [5.41, 5.74) is 4.02. The van der Waals surface area contributed by atoms with Gasteiger partial charge in [0.25, 0.3) is 11.1 Å². The highest BCUT2D eigenvalue weighted by atomic mass is 35.5. The van der Waals surface area contributed by atoms with E-state index in [1.807, 2.05) is 49.4 Å². The Morgan fingerprint density at radius 2 is 1.96 bits per heavy atom. The fraction of sp³-hybridized carbons (Fsp3) is 0.158. The Hall–Kier alpha value is -2.44. The van der Waals surface area contributed by atoms with Crippen molar-refractivity contribution in [3.05, 3.63) is 58.6 Å². The number of fused-ring (bicyclic) bond motifs is 1. The number of hydrogen-bond donors (Lipinski definition) is 1. The van der Waals surface area contributed by atoms with Gasteiger partial charge in [-0.1, -0.05) is 35.5 Å². The van der Waals surface area contributed by atoms with Crippen LogP contribution in [0, 0.1) is 6.92 Å². The molecule has 0 unspecified atom stereocenters. The van der Waals surface area contributed by atoms with Crippen molar-refractivity contribution in [1.29, 1.82) is 0 Å². The van der Waals surface area contributed by atoms with Gasteiger partial charge in [-0.15, -0.1) is 10.2 Å². The van der Waals surface area contributed by atoms with E-state index in [9.17, 15) is 0 Å². The molecule has 7 heteroatoms. The van der Waals surface area contributed by atoms with E-state index in [0.29, 0.717) is 16.1 Å². The highest BCUT2D eigenvalue weighted by Crippen LogP contribution is 2.32. The Morgan fingerprint density at radius 1 is 1.15 bits per heavy atom. The molecule has 0 aliphatic heterocycles. The molecule has 4 aromatic rings. The number of nitrogens with one attached hydrogen (secondary N) is 1. The van der Waals surface area contributed by atoms with Gasteiger partial charge in [0.15, 0.2) is 0 Å². The number of methoxy groups -OCH3 is 1. The van der Waals surface area contributed by atoms with Gasteiger partial charge in [0.05, 0.1) is 7.11 Å². The van der Waals surface area contributed by atoms with E-state index in [1.54, 1.807) is 7.11 Å². The lowest BCUT2D eigenvalue weighted by Crippen LogP contribution is -1.84. The summed E-state index contributed by atoms with van der Waals surface area (Å²) in [5.74, 6) is 2.06. The molecule has 2 heterocycles. The molecule has 132 valence electrons. The van der Waals surface area contributed by atoms with E-state index < -0.39 is 0 Å². The van der Waals surface area contributed by atoms with Gasteiger partial charge in [-0.2, -0.15) is 0 Å². The normalized spacial score (nSPS) is 11.2. The van der Waals surface area contributed by atoms with Crippen LogP contribution < -0.4 is 4.74 Å². The van der Waals surface area contributed by atoms with E-state index in [4.69, 9.17) is 20.8 Å². The van der Waals surface area contributed by atoms with Gasteiger partial charge < -0.3 is 14.1 Å². The summed E-state index contributed by atoms with van der Waals surface area (Å²) in [7, 11) is 1.66. The van der Waals surface area contributed by atoms with Crippen LogP contribution in [-0.4, -0.2) is 22.3 Å². The summed E-state index contributed by atoms with van der Waals surface area (Å²) in [6.45, 7) is 2.01. The minimum Gasteiger partial charge on any atom is -0.497 e.